The van der Waals surface area contributed by atoms with E-state index in [2.05, 4.69) is 17.6 Å². The molecule has 0 aromatic heterocycles. The lowest BCUT2D eigenvalue weighted by atomic mass is 10.5. The van der Waals surface area contributed by atoms with Gasteiger partial charge < -0.3 is 10.6 Å². The largest absolute Gasteiger partial charge is 0.318 e. The van der Waals surface area contributed by atoms with E-state index >= 15 is 0 Å². The fourth-order valence-corrected chi connectivity index (χ4v) is 0.515. The molecule has 0 spiro atoms. The minimum atomic E-state index is 1.07. The van der Waals surface area contributed by atoms with Gasteiger partial charge in [-0.2, -0.15) is 0 Å². The zero-order valence-electron chi connectivity index (χ0n) is 7.83. The topological polar surface area (TPSA) is 24.1 Å². The molecule has 64 valence electrons. The van der Waals surface area contributed by atoms with Gasteiger partial charge in [-0.05, 0) is 20.0 Å². The second kappa shape index (κ2) is 16.0. The minimum Gasteiger partial charge on any atom is -0.318 e. The Morgan fingerprint density at radius 2 is 1.60 bits per heavy atom. The summed E-state index contributed by atoms with van der Waals surface area (Å²) in [6.07, 6.45) is 1.23. The molecule has 0 unspecified atom stereocenters. The summed E-state index contributed by atoms with van der Waals surface area (Å²) < 4.78 is 0. The summed E-state index contributed by atoms with van der Waals surface area (Å²) in [5.41, 5.74) is 0. The van der Waals surface area contributed by atoms with Crippen LogP contribution in [-0.2, 0) is 0 Å². The summed E-state index contributed by atoms with van der Waals surface area (Å²) in [6.45, 7) is 9.47. The maximum Gasteiger partial charge on any atom is 0.00766 e. The molecule has 0 rings (SSSR count). The Labute approximate surface area is 65.4 Å². The fraction of sp³-hybridized carbons (Fsp3) is 1.00. The van der Waals surface area contributed by atoms with Crippen LogP contribution < -0.4 is 10.6 Å². The first-order valence-electron chi connectivity index (χ1n) is 4.27. The maximum atomic E-state index is 3.27. The van der Waals surface area contributed by atoms with Crippen molar-refractivity contribution in [3.8, 4) is 0 Å². The van der Waals surface area contributed by atoms with Gasteiger partial charge in [-0.3, -0.25) is 0 Å². The molecule has 0 radical (unpaired) electrons. The molecule has 2 heteroatoms. The summed E-state index contributed by atoms with van der Waals surface area (Å²) in [7, 11) is 1.97. The standard InChI is InChI=1S/C6H16N2.C2H6/c1-3-4-8-6-5-7-2;1-2/h7-8H,3-6H2,1-2H3;1-2H3. The molecular weight excluding hydrogens is 124 g/mol. The highest BCUT2D eigenvalue weighted by Crippen LogP contribution is 1.66. The van der Waals surface area contributed by atoms with Crippen molar-refractivity contribution < 1.29 is 0 Å². The number of likely N-dealkylation sites (N-methyl/N-ethyl adjacent to an activating group) is 1. The Hall–Kier alpha value is -0.0800. The van der Waals surface area contributed by atoms with Crippen LogP contribution in [0.15, 0.2) is 0 Å². The average molecular weight is 146 g/mol. The van der Waals surface area contributed by atoms with Crippen molar-refractivity contribution >= 4 is 0 Å². The zero-order valence-corrected chi connectivity index (χ0v) is 7.83. The second-order valence-electron chi connectivity index (χ2n) is 1.85. The van der Waals surface area contributed by atoms with Crippen LogP contribution in [0.3, 0.4) is 0 Å². The monoisotopic (exact) mass is 146 g/mol. The highest BCUT2D eigenvalue weighted by Gasteiger charge is 1.79. The molecule has 0 fully saturated rings. The van der Waals surface area contributed by atoms with Crippen molar-refractivity contribution in [3.63, 3.8) is 0 Å². The first-order chi connectivity index (χ1) is 4.91. The predicted molar refractivity (Wildman–Crippen MR) is 48.4 cm³/mol. The molecule has 0 bridgehead atoms. The van der Waals surface area contributed by atoms with Crippen LogP contribution in [0.4, 0.5) is 0 Å². The molecule has 10 heavy (non-hydrogen) atoms. The van der Waals surface area contributed by atoms with Crippen LogP contribution in [0.2, 0.25) is 0 Å². The minimum absolute atomic E-state index is 1.07. The van der Waals surface area contributed by atoms with Gasteiger partial charge in [0.05, 0.1) is 0 Å². The van der Waals surface area contributed by atoms with Crippen LogP contribution in [-0.4, -0.2) is 26.7 Å². The zero-order chi connectivity index (χ0) is 8.24. The first kappa shape index (κ1) is 12.6. The van der Waals surface area contributed by atoms with Crippen LogP contribution >= 0.6 is 0 Å². The molecule has 0 atom stereocenters. The van der Waals surface area contributed by atoms with Gasteiger partial charge in [-0.1, -0.05) is 20.8 Å². The van der Waals surface area contributed by atoms with Gasteiger partial charge in [0.1, 0.15) is 0 Å². The van der Waals surface area contributed by atoms with Crippen molar-refractivity contribution in [2.24, 2.45) is 0 Å². The van der Waals surface area contributed by atoms with E-state index in [9.17, 15) is 0 Å². The molecular formula is C8H22N2. The number of nitrogens with one attached hydrogen (secondary N) is 2. The Morgan fingerprint density at radius 3 is 2.00 bits per heavy atom. The summed E-state index contributed by atoms with van der Waals surface area (Å²) in [5.74, 6) is 0. The molecule has 0 aromatic carbocycles. The molecule has 0 saturated carbocycles. The van der Waals surface area contributed by atoms with Crippen LogP contribution in [0.1, 0.15) is 27.2 Å². The third kappa shape index (κ3) is 15.7. The molecule has 0 aliphatic carbocycles. The van der Waals surface area contributed by atoms with Gasteiger partial charge in [0.15, 0.2) is 0 Å². The Morgan fingerprint density at radius 1 is 1.00 bits per heavy atom. The van der Waals surface area contributed by atoms with Crippen LogP contribution in [0.5, 0.6) is 0 Å². The van der Waals surface area contributed by atoms with E-state index in [0.29, 0.717) is 0 Å². The first-order valence-corrected chi connectivity index (χ1v) is 4.27. The molecule has 0 heterocycles. The Bertz CT molecular complexity index is 32.2. The fourth-order valence-electron chi connectivity index (χ4n) is 0.515. The van der Waals surface area contributed by atoms with Crippen molar-refractivity contribution in [2.45, 2.75) is 27.2 Å². The highest BCUT2D eigenvalue weighted by atomic mass is 14.9. The number of rotatable bonds is 5. The van der Waals surface area contributed by atoms with E-state index in [1.807, 2.05) is 20.9 Å². The summed E-state index contributed by atoms with van der Waals surface area (Å²) in [6, 6.07) is 0. The van der Waals surface area contributed by atoms with Crippen molar-refractivity contribution in [2.75, 3.05) is 26.7 Å². The molecule has 0 amide bonds. The summed E-state index contributed by atoms with van der Waals surface area (Å²) in [5, 5.41) is 6.34. The lowest BCUT2D eigenvalue weighted by Crippen LogP contribution is -2.25. The van der Waals surface area contributed by atoms with E-state index < -0.39 is 0 Å². The predicted octanol–water partition coefficient (Wildman–Crippen LogP) is 1.23. The molecule has 2 nitrogen and oxygen atoms in total. The van der Waals surface area contributed by atoms with Gasteiger partial charge in [-0.25, -0.2) is 0 Å². The summed E-state index contributed by atoms with van der Waals surface area (Å²) in [4.78, 5) is 0. The lowest BCUT2D eigenvalue weighted by Gasteiger charge is -1.99. The molecule has 0 aromatic rings. The third-order valence-corrected chi connectivity index (χ3v) is 0.979. The number of hydrogen-bond acceptors (Lipinski definition) is 2. The summed E-state index contributed by atoms with van der Waals surface area (Å²) >= 11 is 0. The molecule has 2 N–H and O–H groups in total. The van der Waals surface area contributed by atoms with E-state index in [1.54, 1.807) is 0 Å². The smallest absolute Gasteiger partial charge is 0.00766 e. The van der Waals surface area contributed by atoms with Crippen LogP contribution in [0, 0.1) is 0 Å². The van der Waals surface area contributed by atoms with E-state index in [1.165, 1.54) is 6.42 Å². The SMILES string of the molecule is CC.CCCNCCNC. The highest BCUT2D eigenvalue weighted by molar-refractivity contribution is 4.45. The molecule has 0 aliphatic heterocycles. The van der Waals surface area contributed by atoms with Crippen LogP contribution in [0.25, 0.3) is 0 Å². The second-order valence-corrected chi connectivity index (χ2v) is 1.85. The Balaban J connectivity index is 0. The number of hydrogen-bond donors (Lipinski definition) is 2. The Kier molecular flexibility index (Phi) is 20.1. The normalized spacial score (nSPS) is 8.40. The quantitative estimate of drug-likeness (QED) is 0.570. The average Bonchev–Trinajstić information content (AvgIpc) is 2.02. The maximum absolute atomic E-state index is 3.27. The van der Waals surface area contributed by atoms with Gasteiger partial charge in [-0.15, -0.1) is 0 Å². The van der Waals surface area contributed by atoms with E-state index in [4.69, 9.17) is 0 Å². The van der Waals surface area contributed by atoms with E-state index in [0.717, 1.165) is 19.6 Å². The lowest BCUT2D eigenvalue weighted by molar-refractivity contribution is 0.641. The third-order valence-electron chi connectivity index (χ3n) is 0.979. The van der Waals surface area contributed by atoms with Gasteiger partial charge in [0.25, 0.3) is 0 Å². The van der Waals surface area contributed by atoms with E-state index in [-0.39, 0.29) is 0 Å². The van der Waals surface area contributed by atoms with Crippen molar-refractivity contribution in [1.29, 1.82) is 0 Å². The van der Waals surface area contributed by atoms with Gasteiger partial charge >= 0.3 is 0 Å². The van der Waals surface area contributed by atoms with Gasteiger partial charge in [0.2, 0.25) is 0 Å². The van der Waals surface area contributed by atoms with Crippen molar-refractivity contribution in [1.82, 2.24) is 10.6 Å². The van der Waals surface area contributed by atoms with Crippen molar-refractivity contribution in [3.05, 3.63) is 0 Å². The van der Waals surface area contributed by atoms with Gasteiger partial charge in [0, 0.05) is 13.1 Å². The molecule has 0 saturated heterocycles. The molecule has 0 aliphatic rings.